The van der Waals surface area contributed by atoms with Crippen molar-refractivity contribution < 1.29 is 14.0 Å². The molecule has 20 heavy (non-hydrogen) atoms. The van der Waals surface area contributed by atoms with E-state index < -0.39 is 0 Å². The monoisotopic (exact) mass is 296 g/mol. The van der Waals surface area contributed by atoms with Gasteiger partial charge in [-0.2, -0.15) is 4.98 Å². The minimum atomic E-state index is 0.194. The van der Waals surface area contributed by atoms with Crippen LogP contribution in [0.25, 0.3) is 11.4 Å². The fraction of sp³-hybridized carbons (Fsp3) is 0.429. The minimum Gasteiger partial charge on any atom is -0.493 e. The van der Waals surface area contributed by atoms with E-state index in [0.717, 1.165) is 5.56 Å². The predicted octanol–water partition coefficient (Wildman–Crippen LogP) is 3.52. The number of methoxy groups -OCH3 is 1. The topological polar surface area (TPSA) is 57.4 Å². The molecule has 0 aliphatic rings. The van der Waals surface area contributed by atoms with Crippen LogP contribution in [-0.4, -0.2) is 23.9 Å². The molecule has 0 aliphatic carbocycles. The molecule has 108 valence electrons. The third kappa shape index (κ3) is 3.42. The molecule has 0 saturated carbocycles. The van der Waals surface area contributed by atoms with Gasteiger partial charge in [0.15, 0.2) is 11.5 Å². The van der Waals surface area contributed by atoms with E-state index in [4.69, 9.17) is 25.6 Å². The predicted molar refractivity (Wildman–Crippen MR) is 76.2 cm³/mol. The summed E-state index contributed by atoms with van der Waals surface area (Å²) in [6.45, 7) is 4.82. The number of rotatable bonds is 6. The van der Waals surface area contributed by atoms with E-state index in [0.29, 0.717) is 35.7 Å². The summed E-state index contributed by atoms with van der Waals surface area (Å²) in [5.41, 5.74) is 0.791. The Kier molecular flexibility index (Phi) is 4.84. The van der Waals surface area contributed by atoms with Gasteiger partial charge in [-0.25, -0.2) is 0 Å². The SMILES string of the molecule is COc1cc(-c2noc(CCl)n2)ccc1OCC(C)C. The lowest BCUT2D eigenvalue weighted by molar-refractivity contribution is 0.257. The maximum Gasteiger partial charge on any atom is 0.241 e. The standard InChI is InChI=1S/C14H17ClN2O3/c1-9(2)8-19-11-5-4-10(6-12(11)18-3)14-16-13(7-15)20-17-14/h4-6,9H,7-8H2,1-3H3. The van der Waals surface area contributed by atoms with Crippen LogP contribution in [0.2, 0.25) is 0 Å². The summed E-state index contributed by atoms with van der Waals surface area (Å²) in [5.74, 6) is 2.85. The van der Waals surface area contributed by atoms with Gasteiger partial charge in [-0.05, 0) is 24.1 Å². The Hall–Kier alpha value is -1.75. The van der Waals surface area contributed by atoms with Crippen molar-refractivity contribution in [2.75, 3.05) is 13.7 Å². The fourth-order valence-corrected chi connectivity index (χ4v) is 1.72. The van der Waals surface area contributed by atoms with Gasteiger partial charge in [0.05, 0.1) is 13.7 Å². The van der Waals surface area contributed by atoms with E-state index >= 15 is 0 Å². The van der Waals surface area contributed by atoms with E-state index in [1.54, 1.807) is 7.11 Å². The average molecular weight is 297 g/mol. The van der Waals surface area contributed by atoms with Gasteiger partial charge in [-0.3, -0.25) is 0 Å². The summed E-state index contributed by atoms with van der Waals surface area (Å²) >= 11 is 5.64. The fourth-order valence-electron chi connectivity index (χ4n) is 1.61. The molecule has 0 N–H and O–H groups in total. The highest BCUT2D eigenvalue weighted by atomic mass is 35.5. The third-order valence-corrected chi connectivity index (χ3v) is 2.81. The Balaban J connectivity index is 2.24. The molecule has 0 radical (unpaired) electrons. The van der Waals surface area contributed by atoms with Crippen molar-refractivity contribution in [2.24, 2.45) is 5.92 Å². The Morgan fingerprint density at radius 1 is 1.30 bits per heavy atom. The first-order chi connectivity index (χ1) is 9.63. The smallest absolute Gasteiger partial charge is 0.241 e. The second-order valence-electron chi connectivity index (χ2n) is 4.72. The number of hydrogen-bond donors (Lipinski definition) is 0. The Morgan fingerprint density at radius 3 is 2.70 bits per heavy atom. The molecule has 0 saturated heterocycles. The van der Waals surface area contributed by atoms with Crippen LogP contribution in [0, 0.1) is 5.92 Å². The largest absolute Gasteiger partial charge is 0.493 e. The highest BCUT2D eigenvalue weighted by Crippen LogP contribution is 2.31. The van der Waals surface area contributed by atoms with Crippen LogP contribution in [0.5, 0.6) is 11.5 Å². The van der Waals surface area contributed by atoms with Crippen LogP contribution >= 0.6 is 11.6 Å². The van der Waals surface area contributed by atoms with Crippen LogP contribution in [0.15, 0.2) is 22.7 Å². The zero-order valence-electron chi connectivity index (χ0n) is 11.7. The molecular formula is C14H17ClN2O3. The number of nitrogens with zero attached hydrogens (tertiary/aromatic N) is 2. The maximum atomic E-state index is 5.70. The third-order valence-electron chi connectivity index (χ3n) is 2.58. The lowest BCUT2D eigenvalue weighted by Gasteiger charge is -2.12. The molecule has 0 unspecified atom stereocenters. The quantitative estimate of drug-likeness (QED) is 0.763. The molecule has 0 spiro atoms. The van der Waals surface area contributed by atoms with Gasteiger partial charge < -0.3 is 14.0 Å². The highest BCUT2D eigenvalue weighted by molar-refractivity contribution is 6.16. The van der Waals surface area contributed by atoms with Crippen molar-refractivity contribution >= 4 is 11.6 Å². The Labute approximate surface area is 122 Å². The highest BCUT2D eigenvalue weighted by Gasteiger charge is 2.12. The second kappa shape index (κ2) is 6.61. The van der Waals surface area contributed by atoms with Gasteiger partial charge in [-0.1, -0.05) is 19.0 Å². The molecule has 0 atom stereocenters. The molecule has 0 amide bonds. The van der Waals surface area contributed by atoms with Crippen LogP contribution in [0.3, 0.4) is 0 Å². The lowest BCUT2D eigenvalue weighted by Crippen LogP contribution is -2.05. The molecule has 2 aromatic rings. The van der Waals surface area contributed by atoms with E-state index in [1.165, 1.54) is 0 Å². The van der Waals surface area contributed by atoms with Crippen LogP contribution in [0.4, 0.5) is 0 Å². The summed E-state index contributed by atoms with van der Waals surface area (Å²) in [6, 6.07) is 5.52. The van der Waals surface area contributed by atoms with Crippen molar-refractivity contribution in [1.82, 2.24) is 10.1 Å². The zero-order chi connectivity index (χ0) is 14.5. The van der Waals surface area contributed by atoms with Crippen molar-refractivity contribution in [3.8, 4) is 22.9 Å². The van der Waals surface area contributed by atoms with Gasteiger partial charge in [0, 0.05) is 5.56 Å². The molecule has 0 aliphatic heterocycles. The molecule has 5 nitrogen and oxygen atoms in total. The lowest BCUT2D eigenvalue weighted by atomic mass is 10.2. The van der Waals surface area contributed by atoms with Gasteiger partial charge in [0.1, 0.15) is 5.88 Å². The van der Waals surface area contributed by atoms with E-state index in [9.17, 15) is 0 Å². The minimum absolute atomic E-state index is 0.194. The summed E-state index contributed by atoms with van der Waals surface area (Å²) in [6.07, 6.45) is 0. The molecule has 2 rings (SSSR count). The van der Waals surface area contributed by atoms with E-state index in [2.05, 4.69) is 24.0 Å². The summed E-state index contributed by atoms with van der Waals surface area (Å²) in [5, 5.41) is 3.87. The van der Waals surface area contributed by atoms with Crippen molar-refractivity contribution in [3.63, 3.8) is 0 Å². The molecular weight excluding hydrogens is 280 g/mol. The van der Waals surface area contributed by atoms with Crippen LogP contribution in [0.1, 0.15) is 19.7 Å². The van der Waals surface area contributed by atoms with E-state index in [-0.39, 0.29) is 5.88 Å². The van der Waals surface area contributed by atoms with Gasteiger partial charge >= 0.3 is 0 Å². The second-order valence-corrected chi connectivity index (χ2v) is 4.98. The molecule has 6 heteroatoms. The number of benzene rings is 1. The van der Waals surface area contributed by atoms with E-state index in [1.807, 2.05) is 18.2 Å². The number of ether oxygens (including phenoxy) is 2. The van der Waals surface area contributed by atoms with Crippen molar-refractivity contribution in [2.45, 2.75) is 19.7 Å². The summed E-state index contributed by atoms with van der Waals surface area (Å²) < 4.78 is 16.0. The number of halogens is 1. The molecule has 0 bridgehead atoms. The van der Waals surface area contributed by atoms with Gasteiger partial charge in [0.2, 0.25) is 11.7 Å². The van der Waals surface area contributed by atoms with Crippen molar-refractivity contribution in [1.29, 1.82) is 0 Å². The number of aromatic nitrogens is 2. The first-order valence-electron chi connectivity index (χ1n) is 6.33. The summed E-state index contributed by atoms with van der Waals surface area (Å²) in [7, 11) is 1.60. The average Bonchev–Trinajstić information content (AvgIpc) is 2.93. The van der Waals surface area contributed by atoms with Gasteiger partial charge in [0.25, 0.3) is 0 Å². The molecule has 1 heterocycles. The Morgan fingerprint density at radius 2 is 2.10 bits per heavy atom. The van der Waals surface area contributed by atoms with Crippen LogP contribution < -0.4 is 9.47 Å². The Bertz CT molecular complexity index is 569. The van der Waals surface area contributed by atoms with Crippen LogP contribution in [-0.2, 0) is 5.88 Å². The first-order valence-corrected chi connectivity index (χ1v) is 6.87. The molecule has 1 aromatic carbocycles. The molecule has 0 fully saturated rings. The first kappa shape index (κ1) is 14.7. The van der Waals surface area contributed by atoms with Gasteiger partial charge in [-0.15, -0.1) is 11.6 Å². The maximum absolute atomic E-state index is 5.70. The summed E-state index contributed by atoms with van der Waals surface area (Å²) in [4.78, 5) is 4.17. The number of alkyl halides is 1. The zero-order valence-corrected chi connectivity index (χ0v) is 12.5. The molecule has 1 aromatic heterocycles. The number of hydrogen-bond acceptors (Lipinski definition) is 5. The van der Waals surface area contributed by atoms with Crippen molar-refractivity contribution in [3.05, 3.63) is 24.1 Å². The normalized spacial score (nSPS) is 10.8.